The van der Waals surface area contributed by atoms with Gasteiger partial charge in [0.05, 0.1) is 6.61 Å². The minimum Gasteiger partial charge on any atom is -0.395 e. The highest BCUT2D eigenvalue weighted by Gasteiger charge is 2.14. The summed E-state index contributed by atoms with van der Waals surface area (Å²) in [5.41, 5.74) is 2.26. The molecule has 0 aliphatic carbocycles. The Hall–Kier alpha value is -1.12. The Morgan fingerprint density at radius 2 is 1.56 bits per heavy atom. The van der Waals surface area contributed by atoms with Crippen molar-refractivity contribution in [3.63, 3.8) is 0 Å². The molecule has 2 rings (SSSR count). The SMILES string of the molecule is OC[C@@H](c1ccccc1)c1ccccc1Br. The van der Waals surface area contributed by atoms with Crippen molar-refractivity contribution in [2.45, 2.75) is 5.92 Å². The van der Waals surface area contributed by atoms with Crippen LogP contribution in [-0.4, -0.2) is 11.7 Å². The molecule has 0 unspecified atom stereocenters. The van der Waals surface area contributed by atoms with Gasteiger partial charge in [0.25, 0.3) is 0 Å². The van der Waals surface area contributed by atoms with Crippen molar-refractivity contribution in [3.05, 3.63) is 70.2 Å². The van der Waals surface area contributed by atoms with E-state index in [0.717, 1.165) is 15.6 Å². The molecule has 0 radical (unpaired) electrons. The van der Waals surface area contributed by atoms with Gasteiger partial charge in [0, 0.05) is 10.4 Å². The highest BCUT2D eigenvalue weighted by molar-refractivity contribution is 9.10. The molecule has 0 aliphatic heterocycles. The topological polar surface area (TPSA) is 20.2 Å². The van der Waals surface area contributed by atoms with Crippen LogP contribution < -0.4 is 0 Å². The van der Waals surface area contributed by atoms with Crippen LogP contribution in [0.5, 0.6) is 0 Å². The number of aliphatic hydroxyl groups is 1. The van der Waals surface area contributed by atoms with Crippen molar-refractivity contribution < 1.29 is 5.11 Å². The zero-order valence-electron chi connectivity index (χ0n) is 8.81. The predicted molar refractivity (Wildman–Crippen MR) is 69.5 cm³/mol. The normalized spacial score (nSPS) is 12.4. The Morgan fingerprint density at radius 3 is 2.19 bits per heavy atom. The van der Waals surface area contributed by atoms with Crippen LogP contribution in [-0.2, 0) is 0 Å². The van der Waals surface area contributed by atoms with Crippen LogP contribution >= 0.6 is 15.9 Å². The van der Waals surface area contributed by atoms with Crippen LogP contribution in [0.15, 0.2) is 59.1 Å². The molecule has 1 nitrogen and oxygen atoms in total. The summed E-state index contributed by atoms with van der Waals surface area (Å²) in [6, 6.07) is 18.1. The van der Waals surface area contributed by atoms with Crippen molar-refractivity contribution in [1.82, 2.24) is 0 Å². The molecule has 0 bridgehead atoms. The molecule has 0 amide bonds. The summed E-state index contributed by atoms with van der Waals surface area (Å²) in [4.78, 5) is 0. The number of aliphatic hydroxyl groups excluding tert-OH is 1. The summed E-state index contributed by atoms with van der Waals surface area (Å²) >= 11 is 3.52. The molecule has 0 saturated carbocycles. The summed E-state index contributed by atoms with van der Waals surface area (Å²) < 4.78 is 1.04. The second-order valence-corrected chi connectivity index (χ2v) is 4.52. The molecule has 16 heavy (non-hydrogen) atoms. The predicted octanol–water partition coefficient (Wildman–Crippen LogP) is 3.57. The number of hydrogen-bond acceptors (Lipinski definition) is 1. The monoisotopic (exact) mass is 276 g/mol. The second-order valence-electron chi connectivity index (χ2n) is 3.67. The molecule has 0 saturated heterocycles. The minimum absolute atomic E-state index is 0.0387. The maximum atomic E-state index is 9.54. The van der Waals surface area contributed by atoms with Crippen LogP contribution in [0.2, 0.25) is 0 Å². The van der Waals surface area contributed by atoms with E-state index >= 15 is 0 Å². The third-order valence-corrected chi connectivity index (χ3v) is 3.39. The molecule has 0 spiro atoms. The maximum absolute atomic E-state index is 9.54. The number of hydrogen-bond donors (Lipinski definition) is 1. The van der Waals surface area contributed by atoms with Crippen LogP contribution in [0.1, 0.15) is 17.0 Å². The molecule has 0 heterocycles. The molecule has 0 aromatic heterocycles. The van der Waals surface area contributed by atoms with E-state index in [2.05, 4.69) is 15.9 Å². The molecular weight excluding hydrogens is 264 g/mol. The Morgan fingerprint density at radius 1 is 0.938 bits per heavy atom. The maximum Gasteiger partial charge on any atom is 0.0540 e. The van der Waals surface area contributed by atoms with Gasteiger partial charge in [-0.2, -0.15) is 0 Å². The van der Waals surface area contributed by atoms with E-state index in [0.29, 0.717) is 0 Å². The van der Waals surface area contributed by atoms with Crippen molar-refractivity contribution >= 4 is 15.9 Å². The van der Waals surface area contributed by atoms with Crippen molar-refractivity contribution in [2.75, 3.05) is 6.61 Å². The van der Waals surface area contributed by atoms with E-state index in [1.807, 2.05) is 54.6 Å². The lowest BCUT2D eigenvalue weighted by molar-refractivity contribution is 0.280. The van der Waals surface area contributed by atoms with E-state index in [4.69, 9.17) is 0 Å². The van der Waals surface area contributed by atoms with Gasteiger partial charge in [0.2, 0.25) is 0 Å². The summed E-state index contributed by atoms with van der Waals surface area (Å²) in [5, 5.41) is 9.54. The molecule has 0 fully saturated rings. The fourth-order valence-electron chi connectivity index (χ4n) is 1.83. The summed E-state index contributed by atoms with van der Waals surface area (Å²) in [5.74, 6) is 0.0387. The molecule has 2 heteroatoms. The zero-order valence-corrected chi connectivity index (χ0v) is 10.4. The minimum atomic E-state index is 0.0387. The van der Waals surface area contributed by atoms with E-state index < -0.39 is 0 Å². The van der Waals surface area contributed by atoms with Crippen LogP contribution in [0.3, 0.4) is 0 Å². The van der Waals surface area contributed by atoms with Crippen molar-refractivity contribution in [2.24, 2.45) is 0 Å². The van der Waals surface area contributed by atoms with Gasteiger partial charge >= 0.3 is 0 Å². The van der Waals surface area contributed by atoms with E-state index in [1.165, 1.54) is 0 Å². The van der Waals surface area contributed by atoms with Crippen molar-refractivity contribution in [3.8, 4) is 0 Å². The molecular formula is C14H13BrO. The first-order valence-electron chi connectivity index (χ1n) is 5.23. The Labute approximate surface area is 104 Å². The van der Waals surface area contributed by atoms with Gasteiger partial charge < -0.3 is 5.11 Å². The molecule has 0 aliphatic rings. The molecule has 2 aromatic carbocycles. The van der Waals surface area contributed by atoms with Gasteiger partial charge in [0.1, 0.15) is 0 Å². The van der Waals surface area contributed by atoms with E-state index in [9.17, 15) is 5.11 Å². The second kappa shape index (κ2) is 5.28. The molecule has 1 atom stereocenters. The molecule has 2 aromatic rings. The zero-order chi connectivity index (χ0) is 11.4. The lowest BCUT2D eigenvalue weighted by Crippen LogP contribution is -2.06. The van der Waals surface area contributed by atoms with Crippen LogP contribution in [0.4, 0.5) is 0 Å². The van der Waals surface area contributed by atoms with Gasteiger partial charge in [-0.25, -0.2) is 0 Å². The molecule has 82 valence electrons. The first-order chi connectivity index (χ1) is 7.83. The fourth-order valence-corrected chi connectivity index (χ4v) is 2.39. The largest absolute Gasteiger partial charge is 0.395 e. The number of halogens is 1. The Balaban J connectivity index is 2.41. The van der Waals surface area contributed by atoms with E-state index in [1.54, 1.807) is 0 Å². The number of rotatable bonds is 3. The lowest BCUT2D eigenvalue weighted by Gasteiger charge is -2.16. The average Bonchev–Trinajstić information content (AvgIpc) is 2.34. The van der Waals surface area contributed by atoms with Crippen LogP contribution in [0, 0.1) is 0 Å². The summed E-state index contributed by atoms with van der Waals surface area (Å²) in [6.07, 6.45) is 0. The molecule has 1 N–H and O–H groups in total. The Bertz CT molecular complexity index is 453. The fraction of sp³-hybridized carbons (Fsp3) is 0.143. The standard InChI is InChI=1S/C14H13BrO/c15-14-9-5-4-8-12(14)13(10-16)11-6-2-1-3-7-11/h1-9,13,16H,10H2/t13-/m0/s1. The summed E-state index contributed by atoms with van der Waals surface area (Å²) in [7, 11) is 0. The van der Waals surface area contributed by atoms with Gasteiger partial charge in [-0.3, -0.25) is 0 Å². The first-order valence-corrected chi connectivity index (χ1v) is 6.02. The quantitative estimate of drug-likeness (QED) is 0.909. The van der Waals surface area contributed by atoms with Gasteiger partial charge in [-0.15, -0.1) is 0 Å². The Kier molecular flexibility index (Phi) is 3.75. The highest BCUT2D eigenvalue weighted by Crippen LogP contribution is 2.29. The average molecular weight is 277 g/mol. The third kappa shape index (κ3) is 2.34. The smallest absolute Gasteiger partial charge is 0.0540 e. The lowest BCUT2D eigenvalue weighted by atomic mass is 9.92. The summed E-state index contributed by atoms with van der Waals surface area (Å²) in [6.45, 7) is 0.118. The van der Waals surface area contributed by atoms with Crippen LogP contribution in [0.25, 0.3) is 0 Å². The first kappa shape index (κ1) is 11.4. The van der Waals surface area contributed by atoms with Crippen molar-refractivity contribution in [1.29, 1.82) is 0 Å². The highest BCUT2D eigenvalue weighted by atomic mass is 79.9. The third-order valence-electron chi connectivity index (χ3n) is 2.67. The van der Waals surface area contributed by atoms with Gasteiger partial charge in [0.15, 0.2) is 0 Å². The number of benzene rings is 2. The van der Waals surface area contributed by atoms with Gasteiger partial charge in [-0.05, 0) is 17.2 Å². The van der Waals surface area contributed by atoms with E-state index in [-0.39, 0.29) is 12.5 Å². The van der Waals surface area contributed by atoms with Gasteiger partial charge in [-0.1, -0.05) is 64.5 Å².